The van der Waals surface area contributed by atoms with Crippen LogP contribution in [0.5, 0.6) is 5.75 Å². The molecule has 0 radical (unpaired) electrons. The lowest BCUT2D eigenvalue weighted by molar-refractivity contribution is -0.684. The minimum absolute atomic E-state index is 0.105. The number of nitrogens with zero attached hydrogens (tertiary/aromatic N) is 1. The maximum absolute atomic E-state index is 12.2. The van der Waals surface area contributed by atoms with Gasteiger partial charge >= 0.3 is 0 Å². The smallest absolute Gasteiger partial charge is 0.290 e. The second-order valence-corrected chi connectivity index (χ2v) is 6.06. The Kier molecular flexibility index (Phi) is 4.24. The topological polar surface area (TPSA) is 53.2 Å². The second-order valence-electron chi connectivity index (χ2n) is 4.90. The van der Waals surface area contributed by atoms with Gasteiger partial charge in [0.15, 0.2) is 12.4 Å². The summed E-state index contributed by atoms with van der Waals surface area (Å²) in [5, 5.41) is 14.9. The van der Waals surface area contributed by atoms with Crippen molar-refractivity contribution in [3.05, 3.63) is 64.5 Å². The monoisotopic (exact) mass is 405 g/mol. The molecule has 110 valence electrons. The van der Waals surface area contributed by atoms with Gasteiger partial charge in [0.1, 0.15) is 5.75 Å². The van der Waals surface area contributed by atoms with Crippen molar-refractivity contribution in [2.45, 2.75) is 6.54 Å². The van der Waals surface area contributed by atoms with Gasteiger partial charge in [-0.25, -0.2) is 0 Å². The molecule has 0 fully saturated rings. The number of fused-ring (bicyclic) bond motifs is 1. The number of carbonyl (C=O) groups is 1. The summed E-state index contributed by atoms with van der Waals surface area (Å²) in [4.78, 5) is 12.2. The van der Waals surface area contributed by atoms with E-state index in [4.69, 9.17) is 0 Å². The first-order valence-corrected chi connectivity index (χ1v) is 7.87. The number of halogens is 1. The zero-order valence-corrected chi connectivity index (χ0v) is 13.8. The van der Waals surface area contributed by atoms with Gasteiger partial charge in [-0.05, 0) is 34.0 Å². The molecule has 1 aromatic heterocycles. The van der Waals surface area contributed by atoms with Crippen LogP contribution >= 0.6 is 22.6 Å². The van der Waals surface area contributed by atoms with Crippen molar-refractivity contribution in [3.8, 4) is 5.75 Å². The fourth-order valence-corrected chi connectivity index (χ4v) is 3.02. The Hall–Kier alpha value is -2.15. The summed E-state index contributed by atoms with van der Waals surface area (Å²) in [5.41, 5.74) is 0.459. The zero-order valence-electron chi connectivity index (χ0n) is 11.7. The number of carbonyl (C=O) groups excluding carboxylic acids is 1. The van der Waals surface area contributed by atoms with Gasteiger partial charge in [-0.3, -0.25) is 4.79 Å². The van der Waals surface area contributed by atoms with E-state index in [0.717, 1.165) is 14.3 Å². The number of benzene rings is 2. The van der Waals surface area contributed by atoms with Gasteiger partial charge in [0.05, 0.1) is 5.69 Å². The number of phenolic OH excluding ortho intramolecular Hbond substituents is 1. The molecule has 4 nitrogen and oxygen atoms in total. The molecule has 0 atom stereocenters. The van der Waals surface area contributed by atoms with E-state index in [2.05, 4.69) is 27.9 Å². The number of hydrogen-bond acceptors (Lipinski definition) is 2. The Morgan fingerprint density at radius 1 is 1.14 bits per heavy atom. The number of aromatic hydroxyl groups is 1. The largest absolute Gasteiger partial charge is 0.505 e. The summed E-state index contributed by atoms with van der Waals surface area (Å²) in [5.74, 6) is -0.0754. The second kappa shape index (κ2) is 6.31. The number of nitrogens with one attached hydrogen (secondary N) is 1. The van der Waals surface area contributed by atoms with Gasteiger partial charge < -0.3 is 10.4 Å². The van der Waals surface area contributed by atoms with E-state index in [9.17, 15) is 9.90 Å². The Labute approximate surface area is 141 Å². The average molecular weight is 405 g/mol. The van der Waals surface area contributed by atoms with E-state index in [1.54, 1.807) is 4.57 Å². The van der Waals surface area contributed by atoms with Crippen molar-refractivity contribution >= 4 is 45.0 Å². The average Bonchev–Trinajstić information content (AvgIpc) is 2.52. The van der Waals surface area contributed by atoms with Crippen molar-refractivity contribution < 1.29 is 14.5 Å². The number of phenols is 1. The van der Waals surface area contributed by atoms with Gasteiger partial charge in [-0.15, -0.1) is 0 Å². The molecule has 2 aromatic carbocycles. The van der Waals surface area contributed by atoms with Crippen molar-refractivity contribution in [1.29, 1.82) is 0 Å². The van der Waals surface area contributed by atoms with Crippen LogP contribution in [0.15, 0.2) is 60.9 Å². The zero-order chi connectivity index (χ0) is 15.5. The number of anilines is 1. The number of aromatic nitrogens is 1. The van der Waals surface area contributed by atoms with E-state index < -0.39 is 0 Å². The molecular weight excluding hydrogens is 391 g/mol. The molecule has 0 unspecified atom stereocenters. The van der Waals surface area contributed by atoms with Crippen LogP contribution in [-0.4, -0.2) is 11.0 Å². The normalized spacial score (nSPS) is 10.6. The molecule has 0 aliphatic heterocycles. The fraction of sp³-hybridized carbons (Fsp3) is 0.0588. The molecule has 1 amide bonds. The molecule has 5 heteroatoms. The van der Waals surface area contributed by atoms with Crippen LogP contribution in [0.25, 0.3) is 10.8 Å². The molecule has 0 saturated carbocycles. The SMILES string of the molecule is O=C(C[n+]1ccccc1)Nc1c(I)cc2ccccc2c1O. The van der Waals surface area contributed by atoms with Gasteiger partial charge in [0, 0.05) is 21.1 Å². The molecule has 0 saturated heterocycles. The van der Waals surface area contributed by atoms with Crippen molar-refractivity contribution in [2.24, 2.45) is 0 Å². The van der Waals surface area contributed by atoms with Crippen molar-refractivity contribution in [2.75, 3.05) is 5.32 Å². The van der Waals surface area contributed by atoms with Crippen LogP contribution < -0.4 is 9.88 Å². The predicted molar refractivity (Wildman–Crippen MR) is 93.6 cm³/mol. The maximum atomic E-state index is 12.2. The molecule has 1 heterocycles. The molecule has 2 N–H and O–H groups in total. The molecule has 0 aliphatic rings. The quantitative estimate of drug-likeness (QED) is 0.400. The van der Waals surface area contributed by atoms with E-state index >= 15 is 0 Å². The molecule has 3 rings (SSSR count). The minimum Gasteiger partial charge on any atom is -0.505 e. The number of pyridine rings is 1. The first kappa shape index (κ1) is 14.8. The van der Waals surface area contributed by atoms with Gasteiger partial charge in [0.2, 0.25) is 6.54 Å². The summed E-state index contributed by atoms with van der Waals surface area (Å²) >= 11 is 2.12. The molecule has 0 spiro atoms. The Morgan fingerprint density at radius 2 is 1.86 bits per heavy atom. The number of rotatable bonds is 3. The summed E-state index contributed by atoms with van der Waals surface area (Å²) < 4.78 is 2.58. The number of amides is 1. The highest BCUT2D eigenvalue weighted by molar-refractivity contribution is 14.1. The summed E-state index contributed by atoms with van der Waals surface area (Å²) in [6.07, 6.45) is 3.65. The Morgan fingerprint density at radius 3 is 2.64 bits per heavy atom. The van der Waals surface area contributed by atoms with E-state index in [1.807, 2.05) is 60.9 Å². The fourth-order valence-electron chi connectivity index (χ4n) is 2.30. The number of hydrogen-bond donors (Lipinski definition) is 2. The van der Waals surface area contributed by atoms with E-state index in [1.165, 1.54) is 0 Å². The highest BCUT2D eigenvalue weighted by Crippen LogP contribution is 2.36. The van der Waals surface area contributed by atoms with Crippen molar-refractivity contribution in [3.63, 3.8) is 0 Å². The molecule has 0 aliphatic carbocycles. The van der Waals surface area contributed by atoms with Crippen LogP contribution in [0.4, 0.5) is 5.69 Å². The van der Waals surface area contributed by atoms with Crippen molar-refractivity contribution in [1.82, 2.24) is 0 Å². The molecule has 22 heavy (non-hydrogen) atoms. The summed E-state index contributed by atoms with van der Waals surface area (Å²) in [7, 11) is 0. The molecular formula is C17H14IN2O2+. The molecule has 3 aromatic rings. The van der Waals surface area contributed by atoms with E-state index in [0.29, 0.717) is 5.69 Å². The van der Waals surface area contributed by atoms with Crippen LogP contribution in [-0.2, 0) is 11.3 Å². The third-order valence-electron chi connectivity index (χ3n) is 3.34. The van der Waals surface area contributed by atoms with E-state index in [-0.39, 0.29) is 18.2 Å². The van der Waals surface area contributed by atoms with Gasteiger partial charge in [-0.1, -0.05) is 30.3 Å². The first-order valence-electron chi connectivity index (χ1n) is 6.79. The lowest BCUT2D eigenvalue weighted by atomic mass is 10.1. The Bertz CT molecular complexity index is 835. The Balaban J connectivity index is 1.89. The maximum Gasteiger partial charge on any atom is 0.290 e. The summed E-state index contributed by atoms with van der Waals surface area (Å²) in [6, 6.07) is 15.1. The third kappa shape index (κ3) is 3.04. The predicted octanol–water partition coefficient (Wildman–Crippen LogP) is 3.08. The van der Waals surface area contributed by atoms with Crippen LogP contribution in [0.3, 0.4) is 0 Å². The van der Waals surface area contributed by atoms with Gasteiger partial charge in [0.25, 0.3) is 5.91 Å². The highest BCUT2D eigenvalue weighted by atomic mass is 127. The lowest BCUT2D eigenvalue weighted by Gasteiger charge is -2.11. The van der Waals surface area contributed by atoms with Gasteiger partial charge in [-0.2, -0.15) is 4.57 Å². The lowest BCUT2D eigenvalue weighted by Crippen LogP contribution is -2.39. The molecule has 0 bridgehead atoms. The highest BCUT2D eigenvalue weighted by Gasteiger charge is 2.16. The summed E-state index contributed by atoms with van der Waals surface area (Å²) in [6.45, 7) is 0.198. The standard InChI is InChI=1S/C17H13IN2O2/c18-14-10-12-6-2-3-7-13(12)17(22)16(14)19-15(21)11-20-8-4-1-5-9-20/h1-10H,11H2,(H-,19,21,22)/p+1. The van der Waals surface area contributed by atoms with Crippen LogP contribution in [0.2, 0.25) is 0 Å². The van der Waals surface area contributed by atoms with Crippen LogP contribution in [0, 0.1) is 3.57 Å². The van der Waals surface area contributed by atoms with Crippen LogP contribution in [0.1, 0.15) is 0 Å². The third-order valence-corrected chi connectivity index (χ3v) is 4.19. The first-order chi connectivity index (χ1) is 10.6. The minimum atomic E-state index is -0.181.